The van der Waals surface area contributed by atoms with Crippen LogP contribution in [0.1, 0.15) is 10.4 Å². The van der Waals surface area contributed by atoms with Gasteiger partial charge in [-0.3, -0.25) is 14.9 Å². The predicted molar refractivity (Wildman–Crippen MR) is 68.3 cm³/mol. The van der Waals surface area contributed by atoms with Gasteiger partial charge < -0.3 is 5.32 Å². The van der Waals surface area contributed by atoms with Crippen LogP contribution in [0.3, 0.4) is 0 Å². The summed E-state index contributed by atoms with van der Waals surface area (Å²) < 4.78 is 0.713. The fourth-order valence-electron chi connectivity index (χ4n) is 1.11. The van der Waals surface area contributed by atoms with Crippen molar-refractivity contribution < 1.29 is 9.72 Å². The second kappa shape index (κ2) is 5.59. The van der Waals surface area contributed by atoms with E-state index in [1.54, 1.807) is 6.07 Å². The highest BCUT2D eigenvalue weighted by Gasteiger charge is 2.19. The van der Waals surface area contributed by atoms with Crippen molar-refractivity contribution in [3.05, 3.63) is 50.1 Å². The maximum Gasteiger partial charge on any atom is 0.283 e. The molecule has 0 saturated carbocycles. The van der Waals surface area contributed by atoms with E-state index in [-0.39, 0.29) is 17.8 Å². The first-order valence-corrected chi connectivity index (χ1v) is 5.47. The standard InChI is InChI=1S/C10H9IN2O3/c1-2-5-12-10(14)8-4-3-7(11)6-9(8)13(15)16/h2-4,6H,1,5H2,(H,12,14). The van der Waals surface area contributed by atoms with Crippen LogP contribution in [0.5, 0.6) is 0 Å². The van der Waals surface area contributed by atoms with Crippen molar-refractivity contribution in [2.45, 2.75) is 0 Å². The minimum Gasteiger partial charge on any atom is -0.348 e. The molecule has 0 spiro atoms. The van der Waals surface area contributed by atoms with Crippen molar-refractivity contribution in [1.82, 2.24) is 5.32 Å². The number of nitrogens with one attached hydrogen (secondary N) is 1. The van der Waals surface area contributed by atoms with E-state index >= 15 is 0 Å². The Kier molecular flexibility index (Phi) is 4.41. The summed E-state index contributed by atoms with van der Waals surface area (Å²) in [5.74, 6) is -0.469. The molecule has 0 aromatic heterocycles. The van der Waals surface area contributed by atoms with E-state index in [2.05, 4.69) is 11.9 Å². The van der Waals surface area contributed by atoms with Crippen LogP contribution in [0.4, 0.5) is 5.69 Å². The first-order chi connectivity index (χ1) is 7.56. The Labute approximate surface area is 106 Å². The largest absolute Gasteiger partial charge is 0.348 e. The van der Waals surface area contributed by atoms with E-state index in [1.165, 1.54) is 18.2 Å². The van der Waals surface area contributed by atoms with Gasteiger partial charge in [-0.2, -0.15) is 0 Å². The summed E-state index contributed by atoms with van der Waals surface area (Å²) in [6.45, 7) is 3.73. The molecule has 0 saturated heterocycles. The van der Waals surface area contributed by atoms with E-state index in [4.69, 9.17) is 0 Å². The van der Waals surface area contributed by atoms with Gasteiger partial charge in [0, 0.05) is 16.2 Å². The normalized spacial score (nSPS) is 9.56. The van der Waals surface area contributed by atoms with Gasteiger partial charge in [0.05, 0.1) is 4.92 Å². The summed E-state index contributed by atoms with van der Waals surface area (Å²) in [5, 5.41) is 13.3. The number of benzene rings is 1. The maximum atomic E-state index is 11.6. The number of nitro groups is 1. The van der Waals surface area contributed by atoms with Crippen molar-refractivity contribution in [3.8, 4) is 0 Å². The third-order valence-electron chi connectivity index (χ3n) is 1.81. The lowest BCUT2D eigenvalue weighted by Crippen LogP contribution is -2.24. The number of hydrogen-bond acceptors (Lipinski definition) is 3. The molecule has 1 rings (SSSR count). The molecule has 0 bridgehead atoms. The average Bonchev–Trinajstić information content (AvgIpc) is 2.25. The lowest BCUT2D eigenvalue weighted by molar-refractivity contribution is -0.385. The molecule has 0 aliphatic carbocycles. The molecule has 1 aromatic rings. The van der Waals surface area contributed by atoms with Crippen LogP contribution >= 0.6 is 22.6 Å². The number of nitro benzene ring substituents is 1. The highest BCUT2D eigenvalue weighted by Crippen LogP contribution is 2.21. The molecule has 0 aliphatic heterocycles. The Bertz CT molecular complexity index is 446. The fraction of sp³-hybridized carbons (Fsp3) is 0.100. The lowest BCUT2D eigenvalue weighted by Gasteiger charge is -2.03. The van der Waals surface area contributed by atoms with Crippen molar-refractivity contribution in [2.75, 3.05) is 6.54 Å². The molecule has 0 atom stereocenters. The minimum atomic E-state index is -0.564. The van der Waals surface area contributed by atoms with Gasteiger partial charge in [0.25, 0.3) is 11.6 Å². The molecule has 0 radical (unpaired) electrons. The summed E-state index contributed by atoms with van der Waals surface area (Å²) in [6, 6.07) is 4.46. The van der Waals surface area contributed by atoms with E-state index < -0.39 is 10.8 Å². The second-order valence-electron chi connectivity index (χ2n) is 2.92. The van der Waals surface area contributed by atoms with Crippen LogP contribution in [0.2, 0.25) is 0 Å². The number of carbonyl (C=O) groups is 1. The van der Waals surface area contributed by atoms with Crippen LogP contribution in [0, 0.1) is 13.7 Å². The first kappa shape index (κ1) is 12.6. The molecule has 16 heavy (non-hydrogen) atoms. The van der Waals surface area contributed by atoms with E-state index in [9.17, 15) is 14.9 Å². The van der Waals surface area contributed by atoms with E-state index in [0.29, 0.717) is 3.57 Å². The number of carbonyl (C=O) groups excluding carboxylic acids is 1. The molecular formula is C10H9IN2O3. The second-order valence-corrected chi connectivity index (χ2v) is 4.16. The van der Waals surface area contributed by atoms with Gasteiger partial charge in [0.15, 0.2) is 0 Å². The predicted octanol–water partition coefficient (Wildman–Crippen LogP) is 2.12. The number of amides is 1. The summed E-state index contributed by atoms with van der Waals surface area (Å²) >= 11 is 1.96. The van der Waals surface area contributed by atoms with Crippen molar-refractivity contribution >= 4 is 34.2 Å². The summed E-state index contributed by atoms with van der Waals surface area (Å²) in [7, 11) is 0. The Morgan fingerprint density at radius 3 is 2.88 bits per heavy atom. The number of rotatable bonds is 4. The van der Waals surface area contributed by atoms with Crippen molar-refractivity contribution in [3.63, 3.8) is 0 Å². The monoisotopic (exact) mass is 332 g/mol. The van der Waals surface area contributed by atoms with Gasteiger partial charge in [0.1, 0.15) is 5.56 Å². The van der Waals surface area contributed by atoms with E-state index in [0.717, 1.165) is 0 Å². The van der Waals surface area contributed by atoms with Gasteiger partial charge in [-0.15, -0.1) is 6.58 Å². The van der Waals surface area contributed by atoms with Gasteiger partial charge in [-0.05, 0) is 34.7 Å². The molecule has 0 fully saturated rings. The lowest BCUT2D eigenvalue weighted by atomic mass is 10.1. The molecule has 84 valence electrons. The maximum absolute atomic E-state index is 11.6. The van der Waals surface area contributed by atoms with Gasteiger partial charge in [0.2, 0.25) is 0 Å². The SMILES string of the molecule is C=CCNC(=O)c1ccc(I)cc1[N+](=O)[O-]. The molecule has 0 heterocycles. The molecule has 6 heteroatoms. The highest BCUT2D eigenvalue weighted by molar-refractivity contribution is 14.1. The molecule has 1 N–H and O–H groups in total. The van der Waals surface area contributed by atoms with Crippen LogP contribution < -0.4 is 5.32 Å². The molecule has 1 aromatic carbocycles. The minimum absolute atomic E-state index is 0.0623. The molecule has 0 aliphatic rings. The smallest absolute Gasteiger partial charge is 0.283 e. The topological polar surface area (TPSA) is 72.2 Å². The Morgan fingerprint density at radius 2 is 2.31 bits per heavy atom. The third kappa shape index (κ3) is 3.02. The summed E-state index contributed by atoms with van der Waals surface area (Å²) in [5.41, 5.74) is -0.124. The number of nitrogens with zero attached hydrogens (tertiary/aromatic N) is 1. The van der Waals surface area contributed by atoms with Crippen molar-refractivity contribution in [1.29, 1.82) is 0 Å². The Balaban J connectivity index is 3.07. The van der Waals surface area contributed by atoms with Crippen LogP contribution in [0.15, 0.2) is 30.9 Å². The third-order valence-corrected chi connectivity index (χ3v) is 2.48. The fourth-order valence-corrected chi connectivity index (χ4v) is 1.58. The molecule has 1 amide bonds. The zero-order valence-corrected chi connectivity index (χ0v) is 10.4. The number of hydrogen-bond donors (Lipinski definition) is 1. The first-order valence-electron chi connectivity index (χ1n) is 4.39. The van der Waals surface area contributed by atoms with Crippen LogP contribution in [-0.2, 0) is 0 Å². The Hall–Kier alpha value is -1.44. The average molecular weight is 332 g/mol. The molecule has 5 nitrogen and oxygen atoms in total. The highest BCUT2D eigenvalue weighted by atomic mass is 127. The zero-order chi connectivity index (χ0) is 12.1. The van der Waals surface area contributed by atoms with E-state index in [1.807, 2.05) is 22.6 Å². The van der Waals surface area contributed by atoms with Crippen molar-refractivity contribution in [2.24, 2.45) is 0 Å². The quantitative estimate of drug-likeness (QED) is 0.397. The van der Waals surface area contributed by atoms with Gasteiger partial charge in [-0.1, -0.05) is 6.08 Å². The molecule has 0 unspecified atom stereocenters. The van der Waals surface area contributed by atoms with Gasteiger partial charge in [-0.25, -0.2) is 0 Å². The number of halogens is 1. The van der Waals surface area contributed by atoms with Gasteiger partial charge >= 0.3 is 0 Å². The van der Waals surface area contributed by atoms with Crippen LogP contribution in [0.25, 0.3) is 0 Å². The molecular weight excluding hydrogens is 323 g/mol. The summed E-state index contributed by atoms with van der Waals surface area (Å²) in [6.07, 6.45) is 1.51. The van der Waals surface area contributed by atoms with Crippen LogP contribution in [-0.4, -0.2) is 17.4 Å². The Morgan fingerprint density at radius 1 is 1.62 bits per heavy atom. The summed E-state index contributed by atoms with van der Waals surface area (Å²) in [4.78, 5) is 21.8. The zero-order valence-electron chi connectivity index (χ0n) is 8.27.